The molecule has 0 unspecified atom stereocenters. The molecule has 1 saturated heterocycles. The van der Waals surface area contributed by atoms with Crippen LogP contribution in [0.25, 0.3) is 0 Å². The molecular weight excluding hydrogens is 306 g/mol. The molecule has 0 bridgehead atoms. The minimum atomic E-state index is -0.391. The molecule has 1 aliphatic heterocycles. The summed E-state index contributed by atoms with van der Waals surface area (Å²) in [5.74, 6) is 0.364. The molecule has 1 aromatic carbocycles. The van der Waals surface area contributed by atoms with Gasteiger partial charge in [-0.2, -0.15) is 0 Å². The van der Waals surface area contributed by atoms with Gasteiger partial charge >= 0.3 is 5.69 Å². The Balaban J connectivity index is 1.40. The lowest BCUT2D eigenvalue weighted by Gasteiger charge is -2.40. The summed E-state index contributed by atoms with van der Waals surface area (Å²) in [5.41, 5.74) is 0.0413. The molecule has 0 radical (unpaired) electrons. The van der Waals surface area contributed by atoms with Crippen LogP contribution in [0.4, 0.5) is 5.69 Å². The summed E-state index contributed by atoms with van der Waals surface area (Å²) < 4.78 is 5.65. The first-order chi connectivity index (χ1) is 11.7. The van der Waals surface area contributed by atoms with E-state index in [0.717, 1.165) is 38.8 Å². The Bertz CT molecular complexity index is 538. The largest absolute Gasteiger partial charge is 0.485 e. The molecule has 1 saturated carbocycles. The van der Waals surface area contributed by atoms with Crippen LogP contribution < -0.4 is 4.74 Å². The number of hydrogen-bond acceptors (Lipinski definition) is 5. The van der Waals surface area contributed by atoms with E-state index in [4.69, 9.17) is 4.74 Å². The maximum Gasteiger partial charge on any atom is 0.310 e. The Morgan fingerprint density at radius 1 is 1.08 bits per heavy atom. The normalized spacial score (nSPS) is 20.8. The fraction of sp³-hybridized carbons (Fsp3) is 0.667. The lowest BCUT2D eigenvalue weighted by atomic mass is 9.94. The zero-order chi connectivity index (χ0) is 16.8. The molecule has 2 fully saturated rings. The highest BCUT2D eigenvalue weighted by Crippen LogP contribution is 2.26. The first-order valence-corrected chi connectivity index (χ1v) is 9.06. The van der Waals surface area contributed by atoms with Crippen LogP contribution in [0.3, 0.4) is 0 Å². The smallest absolute Gasteiger partial charge is 0.310 e. The highest BCUT2D eigenvalue weighted by atomic mass is 16.6. The van der Waals surface area contributed by atoms with Crippen molar-refractivity contribution in [2.45, 2.75) is 38.1 Å². The predicted octanol–water partition coefficient (Wildman–Crippen LogP) is 2.92. The van der Waals surface area contributed by atoms with Crippen molar-refractivity contribution in [3.05, 3.63) is 34.4 Å². The average Bonchev–Trinajstić information content (AvgIpc) is 2.63. The molecule has 2 aliphatic rings. The summed E-state index contributed by atoms with van der Waals surface area (Å²) in [7, 11) is 0. The number of benzene rings is 1. The van der Waals surface area contributed by atoms with E-state index in [0.29, 0.717) is 12.4 Å². The molecule has 1 aromatic rings. The summed E-state index contributed by atoms with van der Waals surface area (Å²) in [6.07, 6.45) is 6.89. The van der Waals surface area contributed by atoms with Gasteiger partial charge in [0.25, 0.3) is 0 Å². The van der Waals surface area contributed by atoms with Crippen molar-refractivity contribution < 1.29 is 9.66 Å². The monoisotopic (exact) mass is 333 g/mol. The summed E-state index contributed by atoms with van der Waals surface area (Å²) in [6, 6.07) is 7.38. The molecule has 0 atom stereocenters. The van der Waals surface area contributed by atoms with E-state index in [1.54, 1.807) is 18.2 Å². The topological polar surface area (TPSA) is 58.9 Å². The molecule has 24 heavy (non-hydrogen) atoms. The highest BCUT2D eigenvalue weighted by Gasteiger charge is 2.25. The SMILES string of the molecule is O=[N+]([O-])c1ccccc1OCCN1CCN(C2CCCCC2)CC1. The van der Waals surface area contributed by atoms with Crippen LogP contribution in [0, 0.1) is 10.1 Å². The molecule has 0 N–H and O–H groups in total. The first kappa shape index (κ1) is 17.2. The molecule has 0 spiro atoms. The number of nitro groups is 1. The van der Waals surface area contributed by atoms with Crippen molar-refractivity contribution in [3.8, 4) is 5.75 Å². The molecular formula is C18H27N3O3. The maximum absolute atomic E-state index is 11.0. The zero-order valence-electron chi connectivity index (χ0n) is 14.2. The predicted molar refractivity (Wildman–Crippen MR) is 93.5 cm³/mol. The lowest BCUT2D eigenvalue weighted by molar-refractivity contribution is -0.385. The van der Waals surface area contributed by atoms with Gasteiger partial charge in [0.1, 0.15) is 6.61 Å². The van der Waals surface area contributed by atoms with Gasteiger partial charge < -0.3 is 4.74 Å². The summed E-state index contributed by atoms with van der Waals surface area (Å²) >= 11 is 0. The van der Waals surface area contributed by atoms with Crippen molar-refractivity contribution >= 4 is 5.69 Å². The van der Waals surface area contributed by atoms with Gasteiger partial charge in [-0.15, -0.1) is 0 Å². The van der Waals surface area contributed by atoms with Crippen LogP contribution in [0.2, 0.25) is 0 Å². The number of hydrogen-bond donors (Lipinski definition) is 0. The zero-order valence-corrected chi connectivity index (χ0v) is 14.2. The Morgan fingerprint density at radius 3 is 2.50 bits per heavy atom. The standard InChI is InChI=1S/C18H27N3O3/c22-21(23)17-8-4-5-9-18(17)24-15-14-19-10-12-20(13-11-19)16-6-2-1-3-7-16/h4-5,8-9,16H,1-3,6-7,10-15H2. The van der Waals surface area contributed by atoms with Crippen LogP contribution >= 0.6 is 0 Å². The number of ether oxygens (including phenoxy) is 1. The van der Waals surface area contributed by atoms with Crippen molar-refractivity contribution in [3.63, 3.8) is 0 Å². The van der Waals surface area contributed by atoms with E-state index >= 15 is 0 Å². The third-order valence-electron chi connectivity index (χ3n) is 5.23. The summed E-state index contributed by atoms with van der Waals surface area (Å²) in [4.78, 5) is 15.6. The molecule has 6 nitrogen and oxygen atoms in total. The number of nitrogens with zero attached hydrogens (tertiary/aromatic N) is 3. The van der Waals surface area contributed by atoms with Crippen molar-refractivity contribution in [1.82, 2.24) is 9.80 Å². The van der Waals surface area contributed by atoms with E-state index in [-0.39, 0.29) is 5.69 Å². The van der Waals surface area contributed by atoms with Gasteiger partial charge in [-0.3, -0.25) is 19.9 Å². The Kier molecular flexibility index (Phi) is 6.04. The molecule has 3 rings (SSSR count). The third-order valence-corrected chi connectivity index (χ3v) is 5.23. The van der Waals surface area contributed by atoms with Crippen molar-refractivity contribution in [2.75, 3.05) is 39.3 Å². The van der Waals surface area contributed by atoms with E-state index in [9.17, 15) is 10.1 Å². The van der Waals surface area contributed by atoms with Crippen LogP contribution in [0.15, 0.2) is 24.3 Å². The van der Waals surface area contributed by atoms with Crippen LogP contribution in [0.1, 0.15) is 32.1 Å². The van der Waals surface area contributed by atoms with Crippen LogP contribution in [-0.4, -0.2) is 60.1 Å². The van der Waals surface area contributed by atoms with E-state index in [2.05, 4.69) is 9.80 Å². The van der Waals surface area contributed by atoms with E-state index < -0.39 is 4.92 Å². The average molecular weight is 333 g/mol. The highest BCUT2D eigenvalue weighted by molar-refractivity contribution is 5.45. The van der Waals surface area contributed by atoms with Gasteiger partial charge in [-0.05, 0) is 18.9 Å². The summed E-state index contributed by atoms with van der Waals surface area (Å²) in [6.45, 7) is 5.72. The molecule has 0 aromatic heterocycles. The Morgan fingerprint density at radius 2 is 1.79 bits per heavy atom. The van der Waals surface area contributed by atoms with Gasteiger partial charge in [0, 0.05) is 44.8 Å². The van der Waals surface area contributed by atoms with Gasteiger partial charge in [-0.1, -0.05) is 31.4 Å². The first-order valence-electron chi connectivity index (χ1n) is 9.06. The third kappa shape index (κ3) is 4.45. The van der Waals surface area contributed by atoms with E-state index in [1.807, 2.05) is 0 Å². The van der Waals surface area contributed by atoms with Gasteiger partial charge in [0.05, 0.1) is 4.92 Å². The molecule has 1 heterocycles. The molecule has 132 valence electrons. The van der Waals surface area contributed by atoms with Gasteiger partial charge in [-0.25, -0.2) is 0 Å². The second-order valence-corrected chi connectivity index (χ2v) is 6.74. The maximum atomic E-state index is 11.0. The Labute approximate surface area is 143 Å². The Hall–Kier alpha value is -1.66. The van der Waals surface area contributed by atoms with Gasteiger partial charge in [0.15, 0.2) is 5.75 Å². The number of nitro benzene ring substituents is 1. The molecule has 1 aliphatic carbocycles. The fourth-order valence-corrected chi connectivity index (χ4v) is 3.81. The quantitative estimate of drug-likeness (QED) is 0.592. The second kappa shape index (κ2) is 8.44. The fourth-order valence-electron chi connectivity index (χ4n) is 3.81. The lowest BCUT2D eigenvalue weighted by Crippen LogP contribution is -2.51. The van der Waals surface area contributed by atoms with Crippen LogP contribution in [0.5, 0.6) is 5.75 Å². The number of para-hydroxylation sites is 2. The molecule has 0 amide bonds. The van der Waals surface area contributed by atoms with Crippen molar-refractivity contribution in [2.24, 2.45) is 0 Å². The van der Waals surface area contributed by atoms with Crippen LogP contribution in [-0.2, 0) is 0 Å². The van der Waals surface area contributed by atoms with E-state index in [1.165, 1.54) is 38.2 Å². The minimum absolute atomic E-state index is 0.0413. The van der Waals surface area contributed by atoms with Gasteiger partial charge in [0.2, 0.25) is 0 Å². The number of piperazine rings is 1. The van der Waals surface area contributed by atoms with Crippen molar-refractivity contribution in [1.29, 1.82) is 0 Å². The minimum Gasteiger partial charge on any atom is -0.485 e. The number of rotatable bonds is 6. The second-order valence-electron chi connectivity index (χ2n) is 6.74. The summed E-state index contributed by atoms with van der Waals surface area (Å²) in [5, 5.41) is 11.0. The molecule has 6 heteroatoms.